The van der Waals surface area contributed by atoms with Crippen molar-refractivity contribution in [2.24, 2.45) is 4.99 Å². The van der Waals surface area contributed by atoms with Crippen LogP contribution < -0.4 is 18.9 Å². The molecule has 0 radical (unpaired) electrons. The summed E-state index contributed by atoms with van der Waals surface area (Å²) in [6.45, 7) is -0.691. The molecule has 2 aliphatic rings. The lowest BCUT2D eigenvalue weighted by atomic mass is 9.75. The molecule has 2 unspecified atom stereocenters. The predicted octanol–water partition coefficient (Wildman–Crippen LogP) is 4.02. The van der Waals surface area contributed by atoms with Gasteiger partial charge in [0.05, 0.1) is 38.6 Å². The second-order valence-electron chi connectivity index (χ2n) is 7.54. The number of aromatic nitrogens is 2. The summed E-state index contributed by atoms with van der Waals surface area (Å²) in [5.41, 5.74) is 3.21. The molecular weight excluding hydrogens is 408 g/mol. The van der Waals surface area contributed by atoms with Crippen LogP contribution in [0.15, 0.2) is 23.2 Å². The molecule has 1 fully saturated rings. The zero-order chi connectivity index (χ0) is 22.0. The summed E-state index contributed by atoms with van der Waals surface area (Å²) in [5, 5.41) is 8.09. The van der Waals surface area contributed by atoms with Crippen molar-refractivity contribution >= 4 is 5.71 Å². The van der Waals surface area contributed by atoms with Crippen molar-refractivity contribution in [1.29, 1.82) is 0 Å². The minimum atomic E-state index is -2.57. The van der Waals surface area contributed by atoms with Gasteiger partial charge in [0.2, 0.25) is 11.8 Å². The smallest absolute Gasteiger partial charge is 0.272 e. The first-order valence-electron chi connectivity index (χ1n) is 10.2. The van der Waals surface area contributed by atoms with Crippen molar-refractivity contribution in [2.75, 3.05) is 27.9 Å². The van der Waals surface area contributed by atoms with E-state index in [9.17, 15) is 8.78 Å². The molecule has 0 amide bonds. The van der Waals surface area contributed by atoms with Crippen LogP contribution in [0.5, 0.6) is 23.3 Å². The molecule has 1 saturated carbocycles. The van der Waals surface area contributed by atoms with Gasteiger partial charge in [-0.05, 0) is 30.5 Å². The van der Waals surface area contributed by atoms with E-state index in [1.165, 1.54) is 21.3 Å². The fraction of sp³-hybridized carbons (Fsp3) is 0.500. The molecule has 2 heterocycles. The first-order valence-corrected chi connectivity index (χ1v) is 10.2. The van der Waals surface area contributed by atoms with Gasteiger partial charge in [-0.15, -0.1) is 10.2 Å². The number of hydrogen-bond donors (Lipinski definition) is 0. The number of alkyl halides is 2. The maximum absolute atomic E-state index is 12.8. The van der Waals surface area contributed by atoms with E-state index in [0.717, 1.165) is 36.8 Å². The number of benzene rings is 1. The van der Waals surface area contributed by atoms with Gasteiger partial charge in [0.1, 0.15) is 6.61 Å². The Labute approximate surface area is 179 Å². The lowest BCUT2D eigenvalue weighted by Crippen LogP contribution is -2.30. The molecule has 31 heavy (non-hydrogen) atoms. The van der Waals surface area contributed by atoms with Crippen molar-refractivity contribution < 1.29 is 27.7 Å². The second kappa shape index (κ2) is 9.03. The Hall–Kier alpha value is -2.97. The van der Waals surface area contributed by atoms with Gasteiger partial charge >= 0.3 is 0 Å². The molecule has 1 aromatic heterocycles. The van der Waals surface area contributed by atoms with Gasteiger partial charge in [-0.25, -0.2) is 8.78 Å². The lowest BCUT2D eigenvalue weighted by molar-refractivity contribution is 0.0803. The van der Waals surface area contributed by atoms with E-state index >= 15 is 0 Å². The van der Waals surface area contributed by atoms with Gasteiger partial charge in [0.15, 0.2) is 11.5 Å². The van der Waals surface area contributed by atoms with Crippen molar-refractivity contribution in [3.63, 3.8) is 0 Å². The molecule has 1 aliphatic carbocycles. The fourth-order valence-corrected chi connectivity index (χ4v) is 4.37. The van der Waals surface area contributed by atoms with Gasteiger partial charge in [0, 0.05) is 17.5 Å². The Bertz CT molecular complexity index is 983. The van der Waals surface area contributed by atoms with Crippen LogP contribution in [0.3, 0.4) is 0 Å². The molecule has 7 nitrogen and oxygen atoms in total. The highest BCUT2D eigenvalue weighted by Crippen LogP contribution is 2.45. The molecule has 0 bridgehead atoms. The molecule has 2 aromatic rings. The highest BCUT2D eigenvalue weighted by Gasteiger charge is 2.36. The van der Waals surface area contributed by atoms with Crippen LogP contribution in [0.1, 0.15) is 48.3 Å². The van der Waals surface area contributed by atoms with Crippen molar-refractivity contribution in [3.8, 4) is 23.3 Å². The van der Waals surface area contributed by atoms with Gasteiger partial charge in [0.25, 0.3) is 6.43 Å². The third-order valence-corrected chi connectivity index (χ3v) is 5.77. The summed E-state index contributed by atoms with van der Waals surface area (Å²) < 4.78 is 47.1. The second-order valence-corrected chi connectivity index (χ2v) is 7.54. The summed E-state index contributed by atoms with van der Waals surface area (Å²) in [7, 11) is 4.52. The summed E-state index contributed by atoms with van der Waals surface area (Å²) in [6.07, 6.45) is 1.54. The Balaban J connectivity index is 1.88. The zero-order valence-electron chi connectivity index (χ0n) is 17.7. The van der Waals surface area contributed by atoms with E-state index in [-0.39, 0.29) is 12.0 Å². The Kier molecular flexibility index (Phi) is 6.20. The number of fused-ring (bicyclic) bond motifs is 3. The number of methoxy groups -OCH3 is 3. The number of halogens is 2. The zero-order valence-corrected chi connectivity index (χ0v) is 17.7. The highest BCUT2D eigenvalue weighted by molar-refractivity contribution is 6.16. The monoisotopic (exact) mass is 433 g/mol. The molecule has 4 rings (SSSR count). The minimum absolute atomic E-state index is 0.0801. The first kappa shape index (κ1) is 21.3. The molecule has 0 spiro atoms. The average Bonchev–Trinajstić information content (AvgIpc) is 2.81. The third kappa shape index (κ3) is 4.13. The maximum Gasteiger partial charge on any atom is 0.272 e. The normalized spacial score (nSPS) is 19.9. The number of rotatable bonds is 7. The van der Waals surface area contributed by atoms with Crippen molar-refractivity contribution in [1.82, 2.24) is 10.2 Å². The topological polar surface area (TPSA) is 75.1 Å². The molecule has 1 aliphatic heterocycles. The van der Waals surface area contributed by atoms with Crippen LogP contribution >= 0.6 is 0 Å². The van der Waals surface area contributed by atoms with Crippen LogP contribution in [-0.2, 0) is 0 Å². The quantitative estimate of drug-likeness (QED) is 0.657. The van der Waals surface area contributed by atoms with E-state index in [0.29, 0.717) is 34.5 Å². The summed E-state index contributed by atoms with van der Waals surface area (Å²) in [4.78, 5) is 5.08. The molecule has 2 atom stereocenters. The third-order valence-electron chi connectivity index (χ3n) is 5.77. The summed E-state index contributed by atoms with van der Waals surface area (Å²) in [5.74, 6) is 1.54. The van der Waals surface area contributed by atoms with Gasteiger partial charge < -0.3 is 18.9 Å². The molecule has 0 saturated heterocycles. The van der Waals surface area contributed by atoms with Gasteiger partial charge in [-0.1, -0.05) is 12.8 Å². The molecule has 166 valence electrons. The standard InChI is InChI=1S/C22H25F2N3O4/c1-28-17-9-14-13(8-18(17)31-11-19(23)24)12-6-4-5-7-16(12)25-21(14)15-10-20(29-2)26-27-22(15)30-3/h8-10,12,16,19H,4-7,11H2,1-3H3. The Morgan fingerprint density at radius 1 is 0.935 bits per heavy atom. The van der Waals surface area contributed by atoms with Crippen molar-refractivity contribution in [3.05, 3.63) is 34.9 Å². The average molecular weight is 433 g/mol. The van der Waals surface area contributed by atoms with E-state index in [1.54, 1.807) is 12.1 Å². The van der Waals surface area contributed by atoms with Crippen LogP contribution in [0, 0.1) is 0 Å². The fourth-order valence-electron chi connectivity index (χ4n) is 4.37. The Morgan fingerprint density at radius 2 is 1.74 bits per heavy atom. The van der Waals surface area contributed by atoms with Crippen LogP contribution in [0.4, 0.5) is 8.78 Å². The van der Waals surface area contributed by atoms with Crippen LogP contribution in [-0.4, -0.2) is 56.3 Å². The molecule has 0 N–H and O–H groups in total. The predicted molar refractivity (Wildman–Crippen MR) is 110 cm³/mol. The van der Waals surface area contributed by atoms with Crippen LogP contribution in [0.2, 0.25) is 0 Å². The summed E-state index contributed by atoms with van der Waals surface area (Å²) >= 11 is 0. The van der Waals surface area contributed by atoms with Crippen LogP contribution in [0.25, 0.3) is 0 Å². The van der Waals surface area contributed by atoms with Gasteiger partial charge in [-0.2, -0.15) is 0 Å². The van der Waals surface area contributed by atoms with Gasteiger partial charge in [-0.3, -0.25) is 4.99 Å². The lowest BCUT2D eigenvalue weighted by Gasteiger charge is -2.36. The van der Waals surface area contributed by atoms with Crippen molar-refractivity contribution in [2.45, 2.75) is 44.1 Å². The molecule has 1 aromatic carbocycles. The van der Waals surface area contributed by atoms with E-state index in [4.69, 9.17) is 23.9 Å². The molecule has 9 heteroatoms. The maximum atomic E-state index is 12.8. The number of nitrogens with zero attached hydrogens (tertiary/aromatic N) is 3. The Morgan fingerprint density at radius 3 is 2.45 bits per heavy atom. The number of hydrogen-bond acceptors (Lipinski definition) is 7. The minimum Gasteiger partial charge on any atom is -0.493 e. The summed E-state index contributed by atoms with van der Waals surface area (Å²) in [6, 6.07) is 5.45. The SMILES string of the molecule is COc1cc(C2=NC3CCCCC3c3cc(OCC(F)F)c(OC)cc32)c(OC)nn1. The molecular formula is C22H25F2N3O4. The number of ether oxygens (including phenoxy) is 4. The first-order chi connectivity index (χ1) is 15.0. The van der Waals surface area contributed by atoms with E-state index in [2.05, 4.69) is 10.2 Å². The van der Waals surface area contributed by atoms with E-state index in [1.807, 2.05) is 6.07 Å². The number of aliphatic imine (C=N–C) groups is 1. The highest BCUT2D eigenvalue weighted by atomic mass is 19.3. The largest absolute Gasteiger partial charge is 0.493 e. The van der Waals surface area contributed by atoms with E-state index < -0.39 is 13.0 Å².